The molecule has 102 valence electrons. The molecule has 5 heteroatoms. The number of piperidine rings is 1. The second-order valence-corrected chi connectivity index (χ2v) is 4.85. The third kappa shape index (κ3) is 2.70. The number of nitrogens with zero attached hydrogens (tertiary/aromatic N) is 1. The predicted octanol–water partition coefficient (Wildman–Crippen LogP) is 1.64. The fourth-order valence-electron chi connectivity index (χ4n) is 2.36. The molecule has 1 aromatic rings. The Morgan fingerprint density at radius 2 is 1.89 bits per heavy atom. The molecule has 1 fully saturated rings. The minimum Gasteiger partial charge on any atom is -0.508 e. The van der Waals surface area contributed by atoms with Crippen molar-refractivity contribution in [3.8, 4) is 5.75 Å². The van der Waals surface area contributed by atoms with Crippen LogP contribution < -0.4 is 0 Å². The second kappa shape index (κ2) is 5.30. The van der Waals surface area contributed by atoms with Crippen LogP contribution in [0, 0.1) is 12.8 Å². The molecule has 1 heterocycles. The number of carbonyl (C=O) groups excluding carboxylic acids is 1. The number of carboxylic acids is 1. The van der Waals surface area contributed by atoms with Crippen molar-refractivity contribution in [2.75, 3.05) is 13.1 Å². The molecule has 1 aliphatic heterocycles. The van der Waals surface area contributed by atoms with E-state index >= 15 is 0 Å². The van der Waals surface area contributed by atoms with Crippen molar-refractivity contribution < 1.29 is 19.8 Å². The van der Waals surface area contributed by atoms with E-state index in [1.165, 1.54) is 0 Å². The molecule has 19 heavy (non-hydrogen) atoms. The van der Waals surface area contributed by atoms with Gasteiger partial charge in [-0.15, -0.1) is 0 Å². The Balaban J connectivity index is 2.09. The molecule has 0 unspecified atom stereocenters. The number of amides is 1. The Labute approximate surface area is 111 Å². The van der Waals surface area contributed by atoms with Crippen LogP contribution in [0.25, 0.3) is 0 Å². The van der Waals surface area contributed by atoms with E-state index in [0.717, 1.165) is 0 Å². The van der Waals surface area contributed by atoms with Gasteiger partial charge in [-0.05, 0) is 31.9 Å². The van der Waals surface area contributed by atoms with E-state index < -0.39 is 5.97 Å². The van der Waals surface area contributed by atoms with Crippen LogP contribution in [0.15, 0.2) is 18.2 Å². The molecule has 1 amide bonds. The monoisotopic (exact) mass is 263 g/mol. The number of benzene rings is 1. The number of aliphatic carboxylic acids is 1. The standard InChI is InChI=1S/C14H17NO4/c1-9-11(3-2-4-12(9)16)13(17)15-7-5-10(6-8-15)14(18)19/h2-4,10,16H,5-8H2,1H3,(H,18,19). The fourth-order valence-corrected chi connectivity index (χ4v) is 2.36. The molecule has 0 atom stereocenters. The number of hydrogen-bond acceptors (Lipinski definition) is 3. The molecule has 1 aliphatic rings. The molecular weight excluding hydrogens is 246 g/mol. The molecule has 5 nitrogen and oxygen atoms in total. The lowest BCUT2D eigenvalue weighted by atomic mass is 9.96. The highest BCUT2D eigenvalue weighted by Crippen LogP contribution is 2.24. The van der Waals surface area contributed by atoms with E-state index in [1.54, 1.807) is 30.0 Å². The van der Waals surface area contributed by atoms with Crippen molar-refractivity contribution in [2.24, 2.45) is 5.92 Å². The van der Waals surface area contributed by atoms with Crippen LogP contribution in [0.5, 0.6) is 5.75 Å². The average molecular weight is 263 g/mol. The number of aromatic hydroxyl groups is 1. The summed E-state index contributed by atoms with van der Waals surface area (Å²) in [6.45, 7) is 2.60. The smallest absolute Gasteiger partial charge is 0.306 e. The Kier molecular flexibility index (Phi) is 3.74. The molecule has 0 saturated carbocycles. The van der Waals surface area contributed by atoms with Gasteiger partial charge in [-0.25, -0.2) is 0 Å². The maximum absolute atomic E-state index is 12.3. The van der Waals surface area contributed by atoms with E-state index in [2.05, 4.69) is 0 Å². The highest BCUT2D eigenvalue weighted by atomic mass is 16.4. The van der Waals surface area contributed by atoms with Gasteiger partial charge >= 0.3 is 5.97 Å². The quantitative estimate of drug-likeness (QED) is 0.850. The number of hydrogen-bond donors (Lipinski definition) is 2. The zero-order valence-electron chi connectivity index (χ0n) is 10.8. The summed E-state index contributed by atoms with van der Waals surface area (Å²) in [6, 6.07) is 4.86. The lowest BCUT2D eigenvalue weighted by Crippen LogP contribution is -2.40. The predicted molar refractivity (Wildman–Crippen MR) is 69.1 cm³/mol. The maximum Gasteiger partial charge on any atom is 0.306 e. The third-order valence-corrected chi connectivity index (χ3v) is 3.67. The third-order valence-electron chi connectivity index (χ3n) is 3.67. The summed E-state index contributed by atoms with van der Waals surface area (Å²) in [5.74, 6) is -1.18. The molecule has 2 rings (SSSR count). The Hall–Kier alpha value is -2.04. The van der Waals surface area contributed by atoms with Gasteiger partial charge in [-0.1, -0.05) is 6.07 Å². The van der Waals surface area contributed by atoms with Gasteiger partial charge in [0.15, 0.2) is 0 Å². The highest BCUT2D eigenvalue weighted by molar-refractivity contribution is 5.96. The zero-order chi connectivity index (χ0) is 14.0. The first kappa shape index (κ1) is 13.4. The topological polar surface area (TPSA) is 77.8 Å². The molecule has 0 aromatic heterocycles. The van der Waals surface area contributed by atoms with Crippen LogP contribution in [0.1, 0.15) is 28.8 Å². The number of phenols is 1. The summed E-state index contributed by atoms with van der Waals surface area (Å²) in [4.78, 5) is 24.8. The molecular formula is C14H17NO4. The first-order valence-corrected chi connectivity index (χ1v) is 6.31. The number of carboxylic acid groups (broad SMARTS) is 1. The van der Waals surface area contributed by atoms with Crippen LogP contribution in [0.4, 0.5) is 0 Å². The molecule has 1 saturated heterocycles. The number of carbonyl (C=O) groups is 2. The highest BCUT2D eigenvalue weighted by Gasteiger charge is 2.28. The minimum absolute atomic E-state index is 0.103. The van der Waals surface area contributed by atoms with E-state index in [9.17, 15) is 14.7 Å². The van der Waals surface area contributed by atoms with Crippen LogP contribution in [0.2, 0.25) is 0 Å². The summed E-state index contributed by atoms with van der Waals surface area (Å²) in [5, 5.41) is 18.5. The van der Waals surface area contributed by atoms with Crippen molar-refractivity contribution in [1.82, 2.24) is 4.90 Å². The van der Waals surface area contributed by atoms with Gasteiger partial charge in [0, 0.05) is 24.2 Å². The van der Waals surface area contributed by atoms with E-state index in [-0.39, 0.29) is 17.6 Å². The average Bonchev–Trinajstić information content (AvgIpc) is 2.41. The Morgan fingerprint density at radius 1 is 1.26 bits per heavy atom. The van der Waals surface area contributed by atoms with Crippen molar-refractivity contribution >= 4 is 11.9 Å². The summed E-state index contributed by atoms with van der Waals surface area (Å²) in [7, 11) is 0. The van der Waals surface area contributed by atoms with Gasteiger partial charge in [-0.2, -0.15) is 0 Å². The maximum atomic E-state index is 12.3. The van der Waals surface area contributed by atoms with Crippen LogP contribution in [0.3, 0.4) is 0 Å². The van der Waals surface area contributed by atoms with Crippen molar-refractivity contribution in [3.63, 3.8) is 0 Å². The van der Waals surface area contributed by atoms with Crippen molar-refractivity contribution in [3.05, 3.63) is 29.3 Å². The fraction of sp³-hybridized carbons (Fsp3) is 0.429. The van der Waals surface area contributed by atoms with E-state index in [0.29, 0.717) is 37.1 Å². The first-order valence-electron chi connectivity index (χ1n) is 6.31. The lowest BCUT2D eigenvalue weighted by molar-refractivity contribution is -0.143. The SMILES string of the molecule is Cc1c(O)cccc1C(=O)N1CCC(C(=O)O)CC1. The van der Waals surface area contributed by atoms with Gasteiger partial charge in [0.05, 0.1) is 5.92 Å². The molecule has 0 radical (unpaired) electrons. The first-order chi connectivity index (χ1) is 9.00. The Morgan fingerprint density at radius 3 is 2.47 bits per heavy atom. The van der Waals surface area contributed by atoms with Gasteiger partial charge in [0.1, 0.15) is 5.75 Å². The van der Waals surface area contributed by atoms with Gasteiger partial charge in [-0.3, -0.25) is 9.59 Å². The Bertz CT molecular complexity index is 504. The largest absolute Gasteiger partial charge is 0.508 e. The van der Waals surface area contributed by atoms with E-state index in [4.69, 9.17) is 5.11 Å². The van der Waals surface area contributed by atoms with Crippen LogP contribution in [-0.4, -0.2) is 40.1 Å². The summed E-state index contributed by atoms with van der Waals surface area (Å²) in [5.41, 5.74) is 1.04. The van der Waals surface area contributed by atoms with Gasteiger partial charge < -0.3 is 15.1 Å². The van der Waals surface area contributed by atoms with Crippen molar-refractivity contribution in [2.45, 2.75) is 19.8 Å². The van der Waals surface area contributed by atoms with Crippen LogP contribution in [-0.2, 0) is 4.79 Å². The zero-order valence-corrected chi connectivity index (χ0v) is 10.8. The summed E-state index contributed by atoms with van der Waals surface area (Å²) < 4.78 is 0. The van der Waals surface area contributed by atoms with E-state index in [1.807, 2.05) is 0 Å². The molecule has 1 aromatic carbocycles. The summed E-state index contributed by atoms with van der Waals surface area (Å²) in [6.07, 6.45) is 0.970. The molecule has 2 N–H and O–H groups in total. The molecule has 0 spiro atoms. The lowest BCUT2D eigenvalue weighted by Gasteiger charge is -2.30. The summed E-state index contributed by atoms with van der Waals surface area (Å²) >= 11 is 0. The van der Waals surface area contributed by atoms with Crippen molar-refractivity contribution in [1.29, 1.82) is 0 Å². The molecule has 0 bridgehead atoms. The number of phenolic OH excluding ortho intramolecular Hbond substituents is 1. The van der Waals surface area contributed by atoms with Gasteiger partial charge in [0.25, 0.3) is 5.91 Å². The molecule has 0 aliphatic carbocycles. The number of rotatable bonds is 2. The second-order valence-electron chi connectivity index (χ2n) is 4.85. The normalized spacial score (nSPS) is 16.4. The number of likely N-dealkylation sites (tertiary alicyclic amines) is 1. The van der Waals surface area contributed by atoms with Gasteiger partial charge in [0.2, 0.25) is 0 Å². The minimum atomic E-state index is -0.791. The van der Waals surface area contributed by atoms with Crippen LogP contribution >= 0.6 is 0 Å².